The number of nitrogens with zero attached hydrogens (tertiary/aromatic N) is 2. The van der Waals surface area contributed by atoms with Crippen LogP contribution in [0, 0.1) is 0 Å². The van der Waals surface area contributed by atoms with Crippen molar-refractivity contribution in [3.05, 3.63) is 28.1 Å². The van der Waals surface area contributed by atoms with Gasteiger partial charge in [0.2, 0.25) is 6.10 Å². The summed E-state index contributed by atoms with van der Waals surface area (Å²) in [5.41, 5.74) is -0.186. The lowest BCUT2D eigenvalue weighted by molar-refractivity contribution is -0.160. The first-order chi connectivity index (χ1) is 10.1. The minimum Gasteiger partial charge on any atom is -0.463 e. The Kier molecular flexibility index (Phi) is 3.70. The Labute approximate surface area is 123 Å². The smallest absolute Gasteiger partial charge is 0.347 e. The molecule has 8 heteroatoms. The van der Waals surface area contributed by atoms with Crippen molar-refractivity contribution in [3.8, 4) is 0 Å². The van der Waals surface area contributed by atoms with Crippen LogP contribution in [0.2, 0.25) is 0 Å². The van der Waals surface area contributed by atoms with E-state index in [4.69, 9.17) is 9.47 Å². The zero-order valence-corrected chi connectivity index (χ0v) is 11.8. The van der Waals surface area contributed by atoms with Gasteiger partial charge in [-0.25, -0.2) is 9.78 Å². The van der Waals surface area contributed by atoms with Gasteiger partial charge < -0.3 is 9.47 Å². The molecule has 1 fully saturated rings. The molecule has 1 atom stereocenters. The number of aryl methyl sites for hydroxylation is 1. The monoisotopic (exact) mass is 308 g/mol. The average molecular weight is 308 g/mol. The second-order valence-corrected chi connectivity index (χ2v) is 5.46. The molecular formula is C13H12N2O5S. The fraction of sp³-hybridized carbons (Fsp3) is 0.385. The van der Waals surface area contributed by atoms with Crippen LogP contribution in [-0.4, -0.2) is 34.2 Å². The first-order valence-electron chi connectivity index (χ1n) is 6.44. The summed E-state index contributed by atoms with van der Waals surface area (Å²) in [5, 5.41) is 2.33. The predicted molar refractivity (Wildman–Crippen MR) is 74.0 cm³/mol. The minimum absolute atomic E-state index is 0.00100. The number of carbonyl (C=O) groups excluding carboxylic acids is 2. The number of hydrogen-bond donors (Lipinski definition) is 0. The van der Waals surface area contributed by atoms with E-state index in [-0.39, 0.29) is 25.1 Å². The summed E-state index contributed by atoms with van der Waals surface area (Å²) < 4.78 is 11.1. The van der Waals surface area contributed by atoms with Gasteiger partial charge in [0.1, 0.15) is 4.83 Å². The van der Waals surface area contributed by atoms with Gasteiger partial charge in [-0.2, -0.15) is 0 Å². The first-order valence-corrected chi connectivity index (χ1v) is 7.32. The van der Waals surface area contributed by atoms with Crippen LogP contribution in [0.15, 0.2) is 22.6 Å². The number of hydrogen-bond acceptors (Lipinski definition) is 7. The van der Waals surface area contributed by atoms with Crippen LogP contribution in [-0.2, 0) is 25.6 Å². The molecule has 21 heavy (non-hydrogen) atoms. The fourth-order valence-electron chi connectivity index (χ4n) is 2.07. The van der Waals surface area contributed by atoms with Crippen LogP contribution in [0.1, 0.15) is 12.8 Å². The molecule has 0 amide bonds. The van der Waals surface area contributed by atoms with Crippen molar-refractivity contribution < 1.29 is 19.1 Å². The number of thiophene rings is 1. The molecule has 0 spiro atoms. The second-order valence-electron chi connectivity index (χ2n) is 4.57. The van der Waals surface area contributed by atoms with Gasteiger partial charge >= 0.3 is 11.9 Å². The van der Waals surface area contributed by atoms with E-state index in [9.17, 15) is 14.4 Å². The second kappa shape index (κ2) is 5.65. The third-order valence-electron chi connectivity index (χ3n) is 3.17. The molecule has 3 rings (SSSR count). The van der Waals surface area contributed by atoms with Crippen LogP contribution >= 0.6 is 11.3 Å². The Morgan fingerprint density at radius 1 is 1.52 bits per heavy atom. The molecule has 2 aromatic heterocycles. The van der Waals surface area contributed by atoms with E-state index in [0.29, 0.717) is 16.6 Å². The molecule has 1 saturated heterocycles. The quantitative estimate of drug-likeness (QED) is 0.773. The van der Waals surface area contributed by atoms with Crippen LogP contribution < -0.4 is 5.56 Å². The van der Waals surface area contributed by atoms with Crippen molar-refractivity contribution in [2.45, 2.75) is 25.5 Å². The molecule has 0 aliphatic carbocycles. The maximum atomic E-state index is 12.1. The first kappa shape index (κ1) is 13.7. The number of aromatic nitrogens is 2. The van der Waals surface area contributed by atoms with Crippen LogP contribution in [0.5, 0.6) is 0 Å². The zero-order valence-electron chi connectivity index (χ0n) is 11.0. The lowest BCUT2D eigenvalue weighted by Crippen LogP contribution is -2.25. The Morgan fingerprint density at radius 3 is 3.14 bits per heavy atom. The molecule has 0 radical (unpaired) electrons. The lowest BCUT2D eigenvalue weighted by Gasteiger charge is -2.09. The largest absolute Gasteiger partial charge is 0.463 e. The molecule has 7 nitrogen and oxygen atoms in total. The van der Waals surface area contributed by atoms with Crippen molar-refractivity contribution >= 4 is 33.5 Å². The highest BCUT2D eigenvalue weighted by Crippen LogP contribution is 2.14. The highest BCUT2D eigenvalue weighted by atomic mass is 32.1. The maximum Gasteiger partial charge on any atom is 0.347 e. The van der Waals surface area contributed by atoms with Gasteiger partial charge in [-0.05, 0) is 11.4 Å². The normalized spacial score (nSPS) is 17.9. The zero-order chi connectivity index (χ0) is 14.8. The topological polar surface area (TPSA) is 87.5 Å². The van der Waals surface area contributed by atoms with Crippen LogP contribution in [0.4, 0.5) is 0 Å². The molecule has 0 unspecified atom stereocenters. The summed E-state index contributed by atoms with van der Waals surface area (Å²) in [5.74, 6) is -1.04. The molecule has 0 aromatic carbocycles. The van der Waals surface area contributed by atoms with E-state index >= 15 is 0 Å². The van der Waals surface area contributed by atoms with Crippen molar-refractivity contribution in [1.82, 2.24) is 9.55 Å². The van der Waals surface area contributed by atoms with E-state index in [1.54, 1.807) is 11.4 Å². The predicted octanol–water partition coefficient (Wildman–Crippen LogP) is 0.707. The molecule has 0 bridgehead atoms. The Bertz CT molecular complexity index is 750. The minimum atomic E-state index is -0.813. The molecular weight excluding hydrogens is 296 g/mol. The Balaban J connectivity index is 1.63. The number of rotatable bonds is 4. The van der Waals surface area contributed by atoms with Gasteiger partial charge in [-0.3, -0.25) is 14.2 Å². The highest BCUT2D eigenvalue weighted by Gasteiger charge is 2.29. The van der Waals surface area contributed by atoms with Gasteiger partial charge in [0, 0.05) is 13.0 Å². The SMILES string of the molecule is O=C(CCn1cnc2sccc2c1=O)O[C@@H]1CCOC1=O. The molecule has 1 aliphatic heterocycles. The molecule has 1 aliphatic rings. The molecule has 0 saturated carbocycles. The Hall–Kier alpha value is -2.22. The van der Waals surface area contributed by atoms with E-state index < -0.39 is 18.0 Å². The Morgan fingerprint density at radius 2 is 2.38 bits per heavy atom. The third-order valence-corrected chi connectivity index (χ3v) is 3.99. The van der Waals surface area contributed by atoms with Gasteiger partial charge in [-0.15, -0.1) is 11.3 Å². The summed E-state index contributed by atoms with van der Waals surface area (Å²) in [6.45, 7) is 0.438. The highest BCUT2D eigenvalue weighted by molar-refractivity contribution is 7.16. The number of cyclic esters (lactones) is 1. The number of carbonyl (C=O) groups is 2. The fourth-order valence-corrected chi connectivity index (χ4v) is 2.79. The maximum absolute atomic E-state index is 12.1. The summed E-state index contributed by atoms with van der Waals surface area (Å²) in [6, 6.07) is 1.71. The third kappa shape index (κ3) is 2.80. The van der Waals surface area contributed by atoms with Gasteiger partial charge in [-0.1, -0.05) is 0 Å². The van der Waals surface area contributed by atoms with Crippen molar-refractivity contribution in [2.75, 3.05) is 6.61 Å². The van der Waals surface area contributed by atoms with Crippen molar-refractivity contribution in [3.63, 3.8) is 0 Å². The number of ether oxygens (including phenoxy) is 2. The standard InChI is InChI=1S/C13H12N2O5S/c16-10(20-9-2-5-19-13(9)18)1-4-15-7-14-11-8(12(15)17)3-6-21-11/h3,6-7,9H,1-2,4-5H2/t9-/m1/s1. The van der Waals surface area contributed by atoms with E-state index in [1.165, 1.54) is 22.2 Å². The van der Waals surface area contributed by atoms with Crippen LogP contribution in [0.3, 0.4) is 0 Å². The van der Waals surface area contributed by atoms with Gasteiger partial charge in [0.05, 0.1) is 24.7 Å². The molecule has 110 valence electrons. The molecule has 3 heterocycles. The van der Waals surface area contributed by atoms with Crippen LogP contribution in [0.25, 0.3) is 10.2 Å². The van der Waals surface area contributed by atoms with Crippen molar-refractivity contribution in [1.29, 1.82) is 0 Å². The summed E-state index contributed by atoms with van der Waals surface area (Å²) in [4.78, 5) is 39.8. The summed E-state index contributed by atoms with van der Waals surface area (Å²) in [7, 11) is 0. The summed E-state index contributed by atoms with van der Waals surface area (Å²) >= 11 is 1.39. The summed E-state index contributed by atoms with van der Waals surface area (Å²) in [6.07, 6.45) is 0.985. The molecule has 2 aromatic rings. The lowest BCUT2D eigenvalue weighted by atomic mass is 10.3. The average Bonchev–Trinajstić information content (AvgIpc) is 3.08. The van der Waals surface area contributed by atoms with Crippen molar-refractivity contribution in [2.24, 2.45) is 0 Å². The number of fused-ring (bicyclic) bond motifs is 1. The van der Waals surface area contributed by atoms with Gasteiger partial charge in [0.15, 0.2) is 0 Å². The van der Waals surface area contributed by atoms with Gasteiger partial charge in [0.25, 0.3) is 5.56 Å². The van der Waals surface area contributed by atoms with E-state index in [2.05, 4.69) is 4.98 Å². The van der Waals surface area contributed by atoms with E-state index in [1.807, 2.05) is 0 Å². The molecule has 0 N–H and O–H groups in total. The number of esters is 2. The van der Waals surface area contributed by atoms with E-state index in [0.717, 1.165) is 0 Å².